The van der Waals surface area contributed by atoms with Gasteiger partial charge in [-0.15, -0.1) is 0 Å². The molecule has 1 saturated heterocycles. The summed E-state index contributed by atoms with van der Waals surface area (Å²) in [7, 11) is -3.00. The van der Waals surface area contributed by atoms with Gasteiger partial charge in [0.2, 0.25) is 10.0 Å². The lowest BCUT2D eigenvalue weighted by molar-refractivity contribution is 0.185. The predicted molar refractivity (Wildman–Crippen MR) is 75.0 cm³/mol. The fourth-order valence-corrected chi connectivity index (χ4v) is 3.77. The van der Waals surface area contributed by atoms with E-state index in [1.54, 1.807) is 4.31 Å². The Morgan fingerprint density at radius 3 is 2.28 bits per heavy atom. The van der Waals surface area contributed by atoms with Crippen molar-refractivity contribution in [2.45, 2.75) is 32.6 Å². The summed E-state index contributed by atoms with van der Waals surface area (Å²) in [6.45, 7) is 6.78. The fourth-order valence-electron chi connectivity index (χ4n) is 2.27. The second kappa shape index (κ2) is 8.09. The van der Waals surface area contributed by atoms with Crippen molar-refractivity contribution in [2.75, 3.05) is 45.0 Å². The van der Waals surface area contributed by atoms with Crippen LogP contribution in [0.4, 0.5) is 0 Å². The minimum atomic E-state index is -3.00. The predicted octanol–water partition coefficient (Wildman–Crippen LogP) is 0.473. The molecule has 0 bridgehead atoms. The van der Waals surface area contributed by atoms with E-state index in [2.05, 4.69) is 4.90 Å². The number of sulfonamides is 1. The van der Waals surface area contributed by atoms with Crippen LogP contribution in [0.1, 0.15) is 32.6 Å². The third-order valence-electron chi connectivity index (χ3n) is 3.37. The van der Waals surface area contributed by atoms with E-state index in [9.17, 15) is 8.42 Å². The van der Waals surface area contributed by atoms with Gasteiger partial charge in [-0.2, -0.15) is 4.31 Å². The molecular weight excluding hydrogens is 250 g/mol. The van der Waals surface area contributed by atoms with E-state index in [0.29, 0.717) is 19.5 Å². The zero-order valence-corrected chi connectivity index (χ0v) is 12.3. The van der Waals surface area contributed by atoms with Crippen LogP contribution in [0.2, 0.25) is 0 Å². The van der Waals surface area contributed by atoms with E-state index in [1.807, 2.05) is 6.92 Å². The molecule has 0 aromatic heterocycles. The summed E-state index contributed by atoms with van der Waals surface area (Å²) in [5.41, 5.74) is 5.46. The number of nitrogens with two attached hydrogens (primary N) is 1. The highest BCUT2D eigenvalue weighted by Crippen LogP contribution is 2.10. The van der Waals surface area contributed by atoms with Crippen LogP contribution in [-0.2, 0) is 10.0 Å². The van der Waals surface area contributed by atoms with Gasteiger partial charge in [0.05, 0.1) is 5.75 Å². The van der Waals surface area contributed by atoms with Crippen molar-refractivity contribution in [2.24, 2.45) is 5.73 Å². The van der Waals surface area contributed by atoms with Crippen molar-refractivity contribution >= 4 is 10.0 Å². The van der Waals surface area contributed by atoms with Crippen LogP contribution in [0.25, 0.3) is 0 Å². The van der Waals surface area contributed by atoms with Gasteiger partial charge in [-0.05, 0) is 32.4 Å². The molecule has 1 fully saturated rings. The molecule has 1 aliphatic rings. The zero-order chi connectivity index (χ0) is 13.4. The maximum Gasteiger partial charge on any atom is 0.214 e. The lowest BCUT2D eigenvalue weighted by Crippen LogP contribution is -2.49. The van der Waals surface area contributed by atoms with Gasteiger partial charge in [0.25, 0.3) is 0 Å². The maximum atomic E-state index is 11.9. The van der Waals surface area contributed by atoms with E-state index in [1.165, 1.54) is 12.8 Å². The molecule has 0 aliphatic carbocycles. The molecule has 1 rings (SSSR count). The van der Waals surface area contributed by atoms with Gasteiger partial charge in [-0.3, -0.25) is 0 Å². The molecule has 1 aliphatic heterocycles. The van der Waals surface area contributed by atoms with Crippen LogP contribution in [-0.4, -0.2) is 62.6 Å². The third kappa shape index (κ3) is 5.22. The van der Waals surface area contributed by atoms with Crippen molar-refractivity contribution in [1.82, 2.24) is 9.21 Å². The van der Waals surface area contributed by atoms with E-state index < -0.39 is 10.0 Å². The van der Waals surface area contributed by atoms with Gasteiger partial charge in [0.15, 0.2) is 0 Å². The van der Waals surface area contributed by atoms with Gasteiger partial charge < -0.3 is 10.6 Å². The summed E-state index contributed by atoms with van der Waals surface area (Å²) in [4.78, 5) is 2.36. The van der Waals surface area contributed by atoms with E-state index in [4.69, 9.17) is 5.73 Å². The molecule has 0 unspecified atom stereocenters. The van der Waals surface area contributed by atoms with Crippen molar-refractivity contribution < 1.29 is 8.42 Å². The van der Waals surface area contributed by atoms with Gasteiger partial charge >= 0.3 is 0 Å². The number of hydrogen-bond donors (Lipinski definition) is 1. The SMILES string of the molecule is CCCS(=O)(=O)N1CCN(CCCCCN)CC1. The van der Waals surface area contributed by atoms with Crippen LogP contribution in [0.15, 0.2) is 0 Å². The minimum Gasteiger partial charge on any atom is -0.330 e. The monoisotopic (exact) mass is 277 g/mol. The quantitative estimate of drug-likeness (QED) is 0.655. The van der Waals surface area contributed by atoms with E-state index >= 15 is 0 Å². The van der Waals surface area contributed by atoms with Crippen molar-refractivity contribution in [1.29, 1.82) is 0 Å². The molecular formula is C12H27N3O2S. The zero-order valence-electron chi connectivity index (χ0n) is 11.5. The largest absolute Gasteiger partial charge is 0.330 e. The fraction of sp³-hybridized carbons (Fsp3) is 1.00. The van der Waals surface area contributed by atoms with Gasteiger partial charge in [0.1, 0.15) is 0 Å². The number of nitrogens with zero attached hydrogens (tertiary/aromatic N) is 2. The molecule has 0 amide bonds. The Morgan fingerprint density at radius 2 is 1.72 bits per heavy atom. The molecule has 1 heterocycles. The Labute approximate surface area is 111 Å². The molecule has 18 heavy (non-hydrogen) atoms. The Morgan fingerprint density at radius 1 is 1.06 bits per heavy atom. The minimum absolute atomic E-state index is 0.281. The molecule has 0 atom stereocenters. The first-order valence-corrected chi connectivity index (χ1v) is 8.61. The Balaban J connectivity index is 2.24. The van der Waals surface area contributed by atoms with Gasteiger partial charge in [0, 0.05) is 26.2 Å². The van der Waals surface area contributed by atoms with Crippen molar-refractivity contribution in [3.8, 4) is 0 Å². The lowest BCUT2D eigenvalue weighted by atomic mass is 10.2. The molecule has 0 aromatic rings. The van der Waals surface area contributed by atoms with Crippen LogP contribution < -0.4 is 5.73 Å². The molecule has 0 aromatic carbocycles. The molecule has 0 spiro atoms. The molecule has 6 heteroatoms. The van der Waals surface area contributed by atoms with Gasteiger partial charge in [-0.1, -0.05) is 13.3 Å². The Hall–Kier alpha value is -0.170. The molecule has 108 valence electrons. The molecule has 0 saturated carbocycles. The first-order chi connectivity index (χ1) is 8.60. The summed E-state index contributed by atoms with van der Waals surface area (Å²) >= 11 is 0. The number of hydrogen-bond acceptors (Lipinski definition) is 4. The van der Waals surface area contributed by atoms with Crippen LogP contribution in [0.3, 0.4) is 0 Å². The summed E-state index contributed by atoms with van der Waals surface area (Å²) in [5.74, 6) is 0.281. The lowest BCUT2D eigenvalue weighted by Gasteiger charge is -2.33. The highest BCUT2D eigenvalue weighted by molar-refractivity contribution is 7.89. The molecule has 2 N–H and O–H groups in total. The van der Waals surface area contributed by atoms with Crippen LogP contribution in [0.5, 0.6) is 0 Å². The summed E-state index contributed by atoms with van der Waals surface area (Å²) in [5, 5.41) is 0. The summed E-state index contributed by atoms with van der Waals surface area (Å²) in [6.07, 6.45) is 4.12. The first kappa shape index (κ1) is 15.9. The average molecular weight is 277 g/mol. The summed E-state index contributed by atoms with van der Waals surface area (Å²) < 4.78 is 25.4. The number of rotatable bonds is 8. The number of unbranched alkanes of at least 4 members (excludes halogenated alkanes) is 2. The second-order valence-corrected chi connectivity index (χ2v) is 6.99. The highest BCUT2D eigenvalue weighted by Gasteiger charge is 2.25. The van der Waals surface area contributed by atoms with Crippen molar-refractivity contribution in [3.63, 3.8) is 0 Å². The first-order valence-electron chi connectivity index (χ1n) is 7.00. The molecule has 5 nitrogen and oxygen atoms in total. The topological polar surface area (TPSA) is 66.6 Å². The summed E-state index contributed by atoms with van der Waals surface area (Å²) in [6, 6.07) is 0. The number of piperazine rings is 1. The van der Waals surface area contributed by atoms with Crippen LogP contribution >= 0.6 is 0 Å². The van der Waals surface area contributed by atoms with E-state index in [0.717, 1.165) is 32.6 Å². The standard InChI is InChI=1S/C12H27N3O2S/c1-2-12-18(16,17)15-10-8-14(9-11-15)7-5-3-4-6-13/h2-13H2,1H3. The van der Waals surface area contributed by atoms with E-state index in [-0.39, 0.29) is 5.75 Å². The highest BCUT2D eigenvalue weighted by atomic mass is 32.2. The van der Waals surface area contributed by atoms with Crippen LogP contribution in [0, 0.1) is 0 Å². The Bertz CT molecular complexity index is 311. The normalized spacial score (nSPS) is 19.2. The van der Waals surface area contributed by atoms with Gasteiger partial charge in [-0.25, -0.2) is 8.42 Å². The maximum absolute atomic E-state index is 11.9. The smallest absolute Gasteiger partial charge is 0.214 e. The average Bonchev–Trinajstić information content (AvgIpc) is 2.35. The van der Waals surface area contributed by atoms with Crippen molar-refractivity contribution in [3.05, 3.63) is 0 Å². The second-order valence-electron chi connectivity index (χ2n) is 4.91. The molecule has 0 radical (unpaired) electrons. The Kier molecular flexibility index (Phi) is 7.14. The third-order valence-corrected chi connectivity index (χ3v) is 5.44.